The number of hydrogen-bond donors (Lipinski definition) is 1. The summed E-state index contributed by atoms with van der Waals surface area (Å²) in [6, 6.07) is 6.78. The molecule has 0 saturated carbocycles. The molecule has 1 N–H and O–H groups in total. The molecule has 2 amide bonds. The van der Waals surface area contributed by atoms with Gasteiger partial charge < -0.3 is 19.6 Å². The van der Waals surface area contributed by atoms with E-state index in [1.165, 1.54) is 6.33 Å². The zero-order valence-electron chi connectivity index (χ0n) is 20.6. The van der Waals surface area contributed by atoms with Gasteiger partial charge in [-0.25, -0.2) is 15.0 Å². The van der Waals surface area contributed by atoms with Crippen molar-refractivity contribution in [2.24, 2.45) is 5.92 Å². The molecule has 0 saturated heterocycles. The second-order valence-electron chi connectivity index (χ2n) is 9.10. The number of aliphatic hydroxyl groups excluding tert-OH is 1. The highest BCUT2D eigenvalue weighted by Crippen LogP contribution is 2.30. The molecule has 36 heavy (non-hydrogen) atoms. The first-order valence-corrected chi connectivity index (χ1v) is 11.8. The summed E-state index contributed by atoms with van der Waals surface area (Å²) in [6.45, 7) is 4.24. The molecule has 3 aromatic heterocycles. The van der Waals surface area contributed by atoms with Gasteiger partial charge in [-0.1, -0.05) is 13.0 Å². The van der Waals surface area contributed by atoms with Crippen LogP contribution in [0.2, 0.25) is 0 Å². The van der Waals surface area contributed by atoms with Crippen LogP contribution in [0, 0.1) is 5.92 Å². The van der Waals surface area contributed by atoms with Crippen molar-refractivity contribution in [3.63, 3.8) is 0 Å². The summed E-state index contributed by atoms with van der Waals surface area (Å²) in [7, 11) is 1.73. The Morgan fingerprint density at radius 2 is 2.00 bits per heavy atom. The Bertz CT molecular complexity index is 1190. The number of carbonyl (C=O) groups excluding carboxylic acids is 2. The van der Waals surface area contributed by atoms with E-state index in [2.05, 4.69) is 19.9 Å². The molecular weight excluding hydrogens is 460 g/mol. The molecule has 4 rings (SSSR count). The van der Waals surface area contributed by atoms with Gasteiger partial charge in [0.1, 0.15) is 18.0 Å². The predicted octanol–water partition coefficient (Wildman–Crippen LogP) is 1.85. The van der Waals surface area contributed by atoms with Crippen LogP contribution in [0.4, 0.5) is 0 Å². The van der Waals surface area contributed by atoms with Gasteiger partial charge in [0, 0.05) is 61.1 Å². The van der Waals surface area contributed by atoms with E-state index in [1.54, 1.807) is 54.6 Å². The number of aliphatic hydroxyl groups is 1. The average Bonchev–Trinajstić information content (AvgIpc) is 2.91. The zero-order chi connectivity index (χ0) is 25.7. The first kappa shape index (κ1) is 25.2. The molecule has 0 fully saturated rings. The lowest BCUT2D eigenvalue weighted by atomic mass is 9.99. The van der Waals surface area contributed by atoms with Crippen LogP contribution >= 0.6 is 0 Å². The summed E-state index contributed by atoms with van der Waals surface area (Å²) in [5, 5.41) is 9.84. The van der Waals surface area contributed by atoms with Crippen LogP contribution < -0.4 is 4.74 Å². The molecule has 0 bridgehead atoms. The first-order valence-electron chi connectivity index (χ1n) is 11.8. The number of likely N-dealkylation sites (N-methyl/N-ethyl adjacent to an activating group) is 1. The molecule has 0 aromatic carbocycles. The second-order valence-corrected chi connectivity index (χ2v) is 9.10. The topological polar surface area (TPSA) is 122 Å². The SMILES string of the molecule is C[C@@H]1CN([C@@H](C)CO)C(=O)c2cc(-c3cncnc3)cnc2O[C@H]1CN(C)C(=O)Cc1ccccn1. The summed E-state index contributed by atoms with van der Waals surface area (Å²) in [4.78, 5) is 46.5. The normalized spacial score (nSPS) is 18.4. The minimum absolute atomic E-state index is 0.0872. The monoisotopic (exact) mass is 490 g/mol. The molecule has 3 atom stereocenters. The number of fused-ring (bicyclic) bond motifs is 1. The summed E-state index contributed by atoms with van der Waals surface area (Å²) in [5.41, 5.74) is 2.37. The third kappa shape index (κ3) is 5.65. The van der Waals surface area contributed by atoms with Crippen molar-refractivity contribution < 1.29 is 19.4 Å². The maximum Gasteiger partial charge on any atom is 0.259 e. The van der Waals surface area contributed by atoms with Crippen molar-refractivity contribution in [3.8, 4) is 17.0 Å². The lowest BCUT2D eigenvalue weighted by Gasteiger charge is -2.37. The molecule has 188 valence electrons. The number of nitrogens with zero attached hydrogens (tertiary/aromatic N) is 6. The van der Waals surface area contributed by atoms with E-state index >= 15 is 0 Å². The van der Waals surface area contributed by atoms with Gasteiger partial charge in [0.15, 0.2) is 0 Å². The largest absolute Gasteiger partial charge is 0.472 e. The fourth-order valence-corrected chi connectivity index (χ4v) is 4.09. The third-order valence-electron chi connectivity index (χ3n) is 6.35. The van der Waals surface area contributed by atoms with Crippen molar-refractivity contribution in [1.82, 2.24) is 29.7 Å². The molecule has 0 aliphatic carbocycles. The third-order valence-corrected chi connectivity index (χ3v) is 6.35. The fourth-order valence-electron chi connectivity index (χ4n) is 4.09. The highest BCUT2D eigenvalue weighted by Gasteiger charge is 2.34. The number of carbonyl (C=O) groups is 2. The highest BCUT2D eigenvalue weighted by atomic mass is 16.5. The second kappa shape index (κ2) is 11.2. The van der Waals surface area contributed by atoms with E-state index < -0.39 is 12.1 Å². The van der Waals surface area contributed by atoms with Crippen molar-refractivity contribution in [1.29, 1.82) is 0 Å². The Labute approximate surface area is 210 Å². The highest BCUT2D eigenvalue weighted by molar-refractivity contribution is 5.98. The Balaban J connectivity index is 1.62. The van der Waals surface area contributed by atoms with Gasteiger partial charge in [0.2, 0.25) is 11.8 Å². The summed E-state index contributed by atoms with van der Waals surface area (Å²) in [6.07, 6.45) is 7.75. The number of rotatable bonds is 7. The van der Waals surface area contributed by atoms with E-state index in [0.717, 1.165) is 0 Å². The Hall–Kier alpha value is -3.92. The summed E-state index contributed by atoms with van der Waals surface area (Å²) >= 11 is 0. The molecule has 0 radical (unpaired) electrons. The van der Waals surface area contributed by atoms with E-state index in [0.29, 0.717) is 29.9 Å². The number of amides is 2. The predicted molar refractivity (Wildman–Crippen MR) is 132 cm³/mol. The molecule has 4 heterocycles. The van der Waals surface area contributed by atoms with Gasteiger partial charge in [-0.3, -0.25) is 14.6 Å². The molecule has 1 aliphatic rings. The van der Waals surface area contributed by atoms with Crippen molar-refractivity contribution in [2.75, 3.05) is 26.7 Å². The summed E-state index contributed by atoms with van der Waals surface area (Å²) in [5.74, 6) is -0.304. The molecule has 0 unspecified atom stereocenters. The zero-order valence-corrected chi connectivity index (χ0v) is 20.6. The Kier molecular flexibility index (Phi) is 7.84. The van der Waals surface area contributed by atoms with Crippen LogP contribution in [0.15, 0.2) is 55.4 Å². The van der Waals surface area contributed by atoms with Gasteiger partial charge in [0.05, 0.1) is 25.6 Å². The number of ether oxygens (including phenoxy) is 1. The molecule has 10 heteroatoms. The number of aromatic nitrogens is 4. The van der Waals surface area contributed by atoms with Crippen molar-refractivity contribution >= 4 is 11.8 Å². The smallest absolute Gasteiger partial charge is 0.259 e. The first-order chi connectivity index (χ1) is 17.4. The van der Waals surface area contributed by atoms with E-state index in [9.17, 15) is 14.7 Å². The van der Waals surface area contributed by atoms with Gasteiger partial charge in [-0.05, 0) is 25.1 Å². The van der Waals surface area contributed by atoms with E-state index in [-0.39, 0.29) is 42.2 Å². The lowest BCUT2D eigenvalue weighted by molar-refractivity contribution is -0.130. The van der Waals surface area contributed by atoms with Crippen LogP contribution in [-0.2, 0) is 11.2 Å². The quantitative estimate of drug-likeness (QED) is 0.533. The molecule has 1 aliphatic heterocycles. The average molecular weight is 491 g/mol. The fraction of sp³-hybridized carbons (Fsp3) is 0.385. The van der Waals surface area contributed by atoms with Crippen molar-refractivity contribution in [3.05, 3.63) is 66.6 Å². The van der Waals surface area contributed by atoms with Gasteiger partial charge in [-0.15, -0.1) is 0 Å². The van der Waals surface area contributed by atoms with Crippen LogP contribution in [0.3, 0.4) is 0 Å². The lowest BCUT2D eigenvalue weighted by Crippen LogP contribution is -2.50. The Morgan fingerprint density at radius 1 is 1.22 bits per heavy atom. The van der Waals surface area contributed by atoms with Crippen LogP contribution in [0.1, 0.15) is 29.9 Å². The van der Waals surface area contributed by atoms with Gasteiger partial charge in [0.25, 0.3) is 5.91 Å². The maximum atomic E-state index is 13.6. The summed E-state index contributed by atoms with van der Waals surface area (Å²) < 4.78 is 6.28. The van der Waals surface area contributed by atoms with E-state index in [4.69, 9.17) is 4.74 Å². The van der Waals surface area contributed by atoms with Crippen molar-refractivity contribution in [2.45, 2.75) is 32.4 Å². The molecular formula is C26H30N6O4. The van der Waals surface area contributed by atoms with Crippen LogP contribution in [-0.4, -0.2) is 85.5 Å². The van der Waals surface area contributed by atoms with E-state index in [1.807, 2.05) is 25.1 Å². The van der Waals surface area contributed by atoms with Crippen LogP contribution in [0.5, 0.6) is 5.88 Å². The maximum absolute atomic E-state index is 13.6. The minimum atomic E-state index is -0.429. The number of hydrogen-bond acceptors (Lipinski definition) is 8. The molecule has 3 aromatic rings. The molecule has 0 spiro atoms. The molecule has 10 nitrogen and oxygen atoms in total. The van der Waals surface area contributed by atoms with Gasteiger partial charge in [-0.2, -0.15) is 0 Å². The van der Waals surface area contributed by atoms with Gasteiger partial charge >= 0.3 is 0 Å². The Morgan fingerprint density at radius 3 is 2.69 bits per heavy atom. The minimum Gasteiger partial charge on any atom is -0.472 e. The van der Waals surface area contributed by atoms with Crippen LogP contribution in [0.25, 0.3) is 11.1 Å². The standard InChI is InChI=1S/C26H30N6O4/c1-17-13-32(18(2)15-33)26(35)22-8-19(20-10-27-16-28-11-20)12-30-25(22)36-23(17)14-31(3)24(34)9-21-6-4-5-7-29-21/h4-8,10-12,16-18,23,33H,9,13-15H2,1-3H3/t17-,18+,23+/m1/s1. The number of pyridine rings is 2.